The van der Waals surface area contributed by atoms with E-state index < -0.39 is 86.0 Å². The summed E-state index contributed by atoms with van der Waals surface area (Å²) in [5.41, 5.74) is -4.35. The largest absolute Gasteiger partial charge is 0.504 e. The second-order valence-corrected chi connectivity index (χ2v) is 11.3. The number of Topliss-reactive ketones (excluding diaryl/α,β-unsaturated/α-hetero) is 2. The van der Waals surface area contributed by atoms with E-state index in [2.05, 4.69) is 0 Å². The topological polar surface area (TPSA) is 232 Å². The highest BCUT2D eigenvalue weighted by Crippen LogP contribution is 2.45. The summed E-state index contributed by atoms with van der Waals surface area (Å²) in [7, 11) is 0. The summed E-state index contributed by atoms with van der Waals surface area (Å²) in [5, 5.41) is 81.5. The van der Waals surface area contributed by atoms with Gasteiger partial charge in [-0.25, -0.2) is 4.79 Å². The summed E-state index contributed by atoms with van der Waals surface area (Å²) in [5.74, 6) is -9.25. The smallest absolute Gasteiger partial charge is 0.335 e. The minimum Gasteiger partial charge on any atom is -0.504 e. The molecule has 2 atom stereocenters. The van der Waals surface area contributed by atoms with Crippen molar-refractivity contribution < 1.29 is 64.7 Å². The molecule has 13 nitrogen and oxygen atoms in total. The molecule has 0 bridgehead atoms. The number of phenols is 7. The number of aromatic carboxylic acids is 1. The molecular weight excluding hydrogens is 616 g/mol. The zero-order chi connectivity index (χ0) is 35.3. The first-order chi connectivity index (χ1) is 22.1. The Bertz CT molecular complexity index is 1640. The van der Waals surface area contributed by atoms with Crippen LogP contribution in [0, 0.1) is 0 Å². The zero-order valence-electron chi connectivity index (χ0n) is 26.5. The SMILES string of the molecule is CCCCC(CC)(Oc1cc(C(=O)O)cc(O)c1O)C(=O)c1cc(O)c(O)c(OC(CC)(CCC)C(=O)c2cc(O)c(O)c(O)c2)c1. The molecule has 254 valence electrons. The van der Waals surface area contributed by atoms with E-state index in [4.69, 9.17) is 9.47 Å². The van der Waals surface area contributed by atoms with Crippen molar-refractivity contribution in [2.75, 3.05) is 0 Å². The number of aromatic hydroxyl groups is 7. The summed E-state index contributed by atoms with van der Waals surface area (Å²) in [6.45, 7) is 6.86. The highest BCUT2D eigenvalue weighted by Gasteiger charge is 2.43. The number of unbranched alkanes of at least 4 members (excludes halogenated alkanes) is 1. The number of carbonyl (C=O) groups excluding carboxylic acids is 2. The number of carboxylic acids is 1. The molecule has 0 radical (unpaired) electrons. The first kappa shape index (κ1) is 36.1. The molecule has 2 unspecified atom stereocenters. The van der Waals surface area contributed by atoms with Crippen LogP contribution in [0.5, 0.6) is 51.7 Å². The molecule has 0 saturated carbocycles. The summed E-state index contributed by atoms with van der Waals surface area (Å²) in [6.07, 6.45) is 1.55. The Hall–Kier alpha value is -5.33. The highest BCUT2D eigenvalue weighted by molar-refractivity contribution is 6.05. The van der Waals surface area contributed by atoms with Crippen molar-refractivity contribution in [3.63, 3.8) is 0 Å². The van der Waals surface area contributed by atoms with E-state index in [1.165, 1.54) is 0 Å². The van der Waals surface area contributed by atoms with Crippen LogP contribution in [0.4, 0.5) is 0 Å². The fraction of sp³-hybridized carbons (Fsp3) is 0.382. The molecule has 3 aromatic rings. The molecule has 0 aliphatic carbocycles. The van der Waals surface area contributed by atoms with E-state index in [0.29, 0.717) is 19.3 Å². The minimum absolute atomic E-state index is 0.00163. The molecule has 0 aromatic heterocycles. The minimum atomic E-state index is -1.76. The number of carboxylic acid groups (broad SMARTS) is 1. The molecule has 3 aromatic carbocycles. The maximum atomic E-state index is 14.3. The van der Waals surface area contributed by atoms with Crippen LogP contribution in [0.3, 0.4) is 0 Å². The van der Waals surface area contributed by atoms with Gasteiger partial charge < -0.3 is 50.3 Å². The monoisotopic (exact) mass is 656 g/mol. The van der Waals surface area contributed by atoms with Crippen molar-refractivity contribution in [2.24, 2.45) is 0 Å². The van der Waals surface area contributed by atoms with E-state index in [1.54, 1.807) is 20.8 Å². The van der Waals surface area contributed by atoms with Gasteiger partial charge in [-0.2, -0.15) is 0 Å². The third kappa shape index (κ3) is 7.24. The summed E-state index contributed by atoms with van der Waals surface area (Å²) < 4.78 is 12.2. The molecule has 0 heterocycles. The number of hydrogen-bond acceptors (Lipinski definition) is 12. The van der Waals surface area contributed by atoms with Crippen molar-refractivity contribution in [1.82, 2.24) is 0 Å². The van der Waals surface area contributed by atoms with Gasteiger partial charge in [0.1, 0.15) is 0 Å². The molecule has 47 heavy (non-hydrogen) atoms. The fourth-order valence-corrected chi connectivity index (χ4v) is 5.39. The van der Waals surface area contributed by atoms with Crippen LogP contribution in [0.25, 0.3) is 0 Å². The lowest BCUT2D eigenvalue weighted by Crippen LogP contribution is -2.45. The van der Waals surface area contributed by atoms with Gasteiger partial charge in [-0.15, -0.1) is 0 Å². The van der Waals surface area contributed by atoms with Crippen LogP contribution in [-0.2, 0) is 0 Å². The standard InChI is InChI=1S/C34H40O13/c1-5-9-11-34(8-4,47-26-17-20(32(44)45)15-24(38)29(26)41)31(43)19-14-23(37)28(40)25(16-19)46-33(7-3,10-6-2)30(42)18-12-21(35)27(39)22(36)13-18/h12-17,35-41H,5-11H2,1-4H3,(H,44,45). The molecule has 3 rings (SSSR count). The van der Waals surface area contributed by atoms with Crippen molar-refractivity contribution >= 4 is 17.5 Å². The molecule has 0 fully saturated rings. The van der Waals surface area contributed by atoms with Crippen molar-refractivity contribution in [1.29, 1.82) is 0 Å². The molecule has 0 amide bonds. The number of hydrogen-bond donors (Lipinski definition) is 8. The van der Waals surface area contributed by atoms with E-state index >= 15 is 0 Å². The van der Waals surface area contributed by atoms with E-state index in [1.807, 2.05) is 6.92 Å². The van der Waals surface area contributed by atoms with Gasteiger partial charge in [-0.05, 0) is 68.5 Å². The molecule has 0 aliphatic rings. The maximum Gasteiger partial charge on any atom is 0.335 e. The zero-order valence-corrected chi connectivity index (χ0v) is 26.5. The third-order valence-electron chi connectivity index (χ3n) is 8.12. The highest BCUT2D eigenvalue weighted by atomic mass is 16.5. The molecule has 0 spiro atoms. The third-order valence-corrected chi connectivity index (χ3v) is 8.12. The van der Waals surface area contributed by atoms with Crippen molar-refractivity contribution in [3.05, 3.63) is 53.1 Å². The second kappa shape index (κ2) is 14.4. The van der Waals surface area contributed by atoms with E-state index in [0.717, 1.165) is 36.4 Å². The van der Waals surface area contributed by atoms with Gasteiger partial charge in [-0.3, -0.25) is 9.59 Å². The predicted octanol–water partition coefficient (Wildman–Crippen LogP) is 6.14. The Kier molecular flexibility index (Phi) is 11.1. The summed E-state index contributed by atoms with van der Waals surface area (Å²) in [4.78, 5) is 39.7. The van der Waals surface area contributed by atoms with Crippen LogP contribution in [0.15, 0.2) is 36.4 Å². The van der Waals surface area contributed by atoms with Gasteiger partial charge in [0.2, 0.25) is 23.1 Å². The Morgan fingerprint density at radius 2 is 0.936 bits per heavy atom. The first-order valence-electron chi connectivity index (χ1n) is 15.2. The lowest BCUT2D eigenvalue weighted by Gasteiger charge is -2.34. The predicted molar refractivity (Wildman–Crippen MR) is 168 cm³/mol. The quantitative estimate of drug-likeness (QED) is 0.0641. The Labute approximate surface area is 270 Å². The number of rotatable bonds is 16. The average Bonchev–Trinajstić information content (AvgIpc) is 3.04. The number of carbonyl (C=O) groups is 3. The van der Waals surface area contributed by atoms with E-state index in [9.17, 15) is 55.2 Å². The lowest BCUT2D eigenvalue weighted by molar-refractivity contribution is 0.0350. The molecule has 0 saturated heterocycles. The summed E-state index contributed by atoms with van der Waals surface area (Å²) >= 11 is 0. The van der Waals surface area contributed by atoms with Gasteiger partial charge in [0, 0.05) is 11.1 Å². The average molecular weight is 657 g/mol. The van der Waals surface area contributed by atoms with Crippen molar-refractivity contribution in [2.45, 2.75) is 83.8 Å². The molecule has 0 aliphatic heterocycles. The fourth-order valence-electron chi connectivity index (χ4n) is 5.39. The van der Waals surface area contributed by atoms with Crippen LogP contribution in [-0.4, -0.2) is 69.6 Å². The van der Waals surface area contributed by atoms with Crippen LogP contribution >= 0.6 is 0 Å². The molecular formula is C34H40O13. The van der Waals surface area contributed by atoms with Crippen LogP contribution in [0.1, 0.15) is 104 Å². The van der Waals surface area contributed by atoms with Gasteiger partial charge in [-0.1, -0.05) is 40.5 Å². The number of phenolic OH excluding ortho intramolecular Hbond substituents is 7. The normalized spacial score (nSPS) is 13.7. The molecule has 13 heteroatoms. The Morgan fingerprint density at radius 1 is 0.553 bits per heavy atom. The first-order valence-corrected chi connectivity index (χ1v) is 15.2. The Balaban J connectivity index is 2.16. The van der Waals surface area contributed by atoms with Crippen molar-refractivity contribution in [3.8, 4) is 51.7 Å². The van der Waals surface area contributed by atoms with Gasteiger partial charge in [0.25, 0.3) is 0 Å². The Morgan fingerprint density at radius 3 is 1.34 bits per heavy atom. The summed E-state index contributed by atoms with van der Waals surface area (Å²) in [6, 6.07) is 5.78. The van der Waals surface area contributed by atoms with Gasteiger partial charge in [0.15, 0.2) is 51.4 Å². The number of ether oxygens (including phenoxy) is 2. The second-order valence-electron chi connectivity index (χ2n) is 11.3. The van der Waals surface area contributed by atoms with Gasteiger partial charge in [0.05, 0.1) is 5.56 Å². The van der Waals surface area contributed by atoms with Crippen LogP contribution < -0.4 is 9.47 Å². The number of benzene rings is 3. The van der Waals surface area contributed by atoms with Crippen LogP contribution in [0.2, 0.25) is 0 Å². The van der Waals surface area contributed by atoms with Gasteiger partial charge >= 0.3 is 5.97 Å². The lowest BCUT2D eigenvalue weighted by atomic mass is 9.84. The number of ketones is 2. The molecule has 8 N–H and O–H groups in total. The maximum absolute atomic E-state index is 14.3. The van der Waals surface area contributed by atoms with E-state index in [-0.39, 0.29) is 36.8 Å².